The highest BCUT2D eigenvalue weighted by molar-refractivity contribution is 5.46. The molecule has 0 amide bonds. The second kappa shape index (κ2) is 4.95. The molecule has 1 aromatic rings. The highest BCUT2D eigenvalue weighted by atomic mass is 16.5. The van der Waals surface area contributed by atoms with Crippen LogP contribution in [0, 0.1) is 11.3 Å². The molecule has 4 nitrogen and oxygen atoms in total. The van der Waals surface area contributed by atoms with Gasteiger partial charge in [0, 0.05) is 12.7 Å². The summed E-state index contributed by atoms with van der Waals surface area (Å²) in [5, 5.41) is 8.97. The summed E-state index contributed by atoms with van der Waals surface area (Å²) in [7, 11) is 0. The molecule has 1 aromatic heterocycles. The average molecular weight is 243 g/mol. The number of nitrogens with zero attached hydrogens (tertiary/aromatic N) is 3. The molecule has 0 bridgehead atoms. The molecule has 0 spiro atoms. The molecular weight excluding hydrogens is 226 g/mol. The van der Waals surface area contributed by atoms with Crippen molar-refractivity contribution in [3.63, 3.8) is 0 Å². The summed E-state index contributed by atoms with van der Waals surface area (Å²) >= 11 is 0. The number of ether oxygens (including phenoxy) is 1. The minimum absolute atomic E-state index is 0.347. The van der Waals surface area contributed by atoms with Crippen molar-refractivity contribution in [2.75, 3.05) is 18.1 Å². The van der Waals surface area contributed by atoms with Crippen LogP contribution in [0.4, 0.5) is 5.82 Å². The number of fused-ring (bicyclic) bond motifs is 1. The monoisotopic (exact) mass is 243 g/mol. The van der Waals surface area contributed by atoms with E-state index in [1.807, 2.05) is 6.07 Å². The number of hydrogen-bond donors (Lipinski definition) is 0. The smallest absolute Gasteiger partial charge is 0.130 e. The Morgan fingerprint density at radius 2 is 2.28 bits per heavy atom. The van der Waals surface area contributed by atoms with E-state index in [0.717, 1.165) is 25.4 Å². The molecular formula is C14H17N3O. The van der Waals surface area contributed by atoms with Gasteiger partial charge in [0.05, 0.1) is 30.4 Å². The van der Waals surface area contributed by atoms with Crippen LogP contribution in [0.25, 0.3) is 0 Å². The topological polar surface area (TPSA) is 49.2 Å². The van der Waals surface area contributed by atoms with Gasteiger partial charge in [-0.3, -0.25) is 0 Å². The van der Waals surface area contributed by atoms with Crippen molar-refractivity contribution in [3.05, 3.63) is 23.9 Å². The highest BCUT2D eigenvalue weighted by Crippen LogP contribution is 2.31. The van der Waals surface area contributed by atoms with Gasteiger partial charge in [-0.15, -0.1) is 0 Å². The first-order chi connectivity index (χ1) is 8.88. The van der Waals surface area contributed by atoms with Gasteiger partial charge < -0.3 is 9.64 Å². The van der Waals surface area contributed by atoms with E-state index in [1.54, 1.807) is 12.3 Å². The third-order valence-electron chi connectivity index (χ3n) is 3.90. The van der Waals surface area contributed by atoms with Crippen LogP contribution in [0.5, 0.6) is 0 Å². The van der Waals surface area contributed by atoms with E-state index in [0.29, 0.717) is 17.7 Å². The molecule has 2 unspecified atom stereocenters. The van der Waals surface area contributed by atoms with Crippen molar-refractivity contribution in [2.45, 2.75) is 37.8 Å². The lowest BCUT2D eigenvalue weighted by Crippen LogP contribution is -2.53. The second-order valence-corrected chi connectivity index (χ2v) is 4.97. The Bertz CT molecular complexity index is 466. The molecule has 1 saturated carbocycles. The van der Waals surface area contributed by atoms with Gasteiger partial charge in [-0.05, 0) is 25.0 Å². The van der Waals surface area contributed by atoms with Crippen molar-refractivity contribution >= 4 is 5.82 Å². The first kappa shape index (κ1) is 11.5. The van der Waals surface area contributed by atoms with Crippen LogP contribution >= 0.6 is 0 Å². The maximum absolute atomic E-state index is 8.97. The first-order valence-corrected chi connectivity index (χ1v) is 6.63. The highest BCUT2D eigenvalue weighted by Gasteiger charge is 2.34. The minimum atomic E-state index is 0.347. The fraction of sp³-hybridized carbons (Fsp3) is 0.571. The SMILES string of the molecule is N#Cc1ccnc(N2CCOC3CCCCC32)c1. The number of pyridine rings is 1. The molecule has 2 fully saturated rings. The maximum atomic E-state index is 8.97. The van der Waals surface area contributed by atoms with Gasteiger partial charge in [-0.2, -0.15) is 5.26 Å². The molecule has 2 aliphatic rings. The zero-order chi connectivity index (χ0) is 12.4. The summed E-state index contributed by atoms with van der Waals surface area (Å²) in [6.07, 6.45) is 6.92. The lowest BCUT2D eigenvalue weighted by Gasteiger charge is -2.44. The fourth-order valence-corrected chi connectivity index (χ4v) is 3.03. The molecule has 2 heterocycles. The van der Waals surface area contributed by atoms with E-state index in [1.165, 1.54) is 19.3 Å². The van der Waals surface area contributed by atoms with Gasteiger partial charge in [-0.1, -0.05) is 12.8 Å². The van der Waals surface area contributed by atoms with Gasteiger partial charge in [0.1, 0.15) is 5.82 Å². The third-order valence-corrected chi connectivity index (χ3v) is 3.90. The third kappa shape index (κ3) is 2.06. The van der Waals surface area contributed by atoms with Crippen molar-refractivity contribution in [3.8, 4) is 6.07 Å². The van der Waals surface area contributed by atoms with Gasteiger partial charge in [0.25, 0.3) is 0 Å². The van der Waals surface area contributed by atoms with Gasteiger partial charge in [-0.25, -0.2) is 4.98 Å². The number of hydrogen-bond acceptors (Lipinski definition) is 4. The standard InChI is InChI=1S/C14H17N3O/c15-10-11-5-6-16-14(9-11)17-7-8-18-13-4-2-1-3-12(13)17/h5-6,9,12-13H,1-4,7-8H2. The Hall–Kier alpha value is -1.60. The summed E-state index contributed by atoms with van der Waals surface area (Å²) in [6, 6.07) is 6.26. The number of morpholine rings is 1. The summed E-state index contributed by atoms with van der Waals surface area (Å²) in [5.41, 5.74) is 0.679. The molecule has 0 radical (unpaired) electrons. The first-order valence-electron chi connectivity index (χ1n) is 6.63. The van der Waals surface area contributed by atoms with Crippen LogP contribution in [0.1, 0.15) is 31.2 Å². The van der Waals surface area contributed by atoms with E-state index >= 15 is 0 Å². The predicted octanol–water partition coefficient (Wildman–Crippen LogP) is 2.10. The fourth-order valence-electron chi connectivity index (χ4n) is 3.03. The van der Waals surface area contributed by atoms with E-state index < -0.39 is 0 Å². The van der Waals surface area contributed by atoms with Crippen LogP contribution in [0.15, 0.2) is 18.3 Å². The summed E-state index contributed by atoms with van der Waals surface area (Å²) < 4.78 is 5.86. The molecule has 18 heavy (non-hydrogen) atoms. The Morgan fingerprint density at radius 1 is 1.39 bits per heavy atom. The quantitative estimate of drug-likeness (QED) is 0.758. The number of anilines is 1. The van der Waals surface area contributed by atoms with E-state index in [4.69, 9.17) is 10.00 Å². The molecule has 4 heteroatoms. The predicted molar refractivity (Wildman–Crippen MR) is 68.3 cm³/mol. The van der Waals surface area contributed by atoms with Crippen molar-refractivity contribution in [1.29, 1.82) is 5.26 Å². The number of nitriles is 1. The molecule has 1 aliphatic carbocycles. The molecule has 1 aliphatic heterocycles. The Kier molecular flexibility index (Phi) is 3.16. The van der Waals surface area contributed by atoms with E-state index in [2.05, 4.69) is 16.0 Å². The van der Waals surface area contributed by atoms with Crippen LogP contribution in [-0.4, -0.2) is 30.3 Å². The Labute approximate surface area is 107 Å². The second-order valence-electron chi connectivity index (χ2n) is 4.97. The average Bonchev–Trinajstić information content (AvgIpc) is 2.47. The van der Waals surface area contributed by atoms with Gasteiger partial charge >= 0.3 is 0 Å². The molecule has 0 N–H and O–H groups in total. The zero-order valence-corrected chi connectivity index (χ0v) is 10.4. The summed E-state index contributed by atoms with van der Waals surface area (Å²) in [6.45, 7) is 1.64. The molecule has 94 valence electrons. The van der Waals surface area contributed by atoms with Crippen LogP contribution < -0.4 is 4.90 Å². The van der Waals surface area contributed by atoms with Crippen LogP contribution in [0.2, 0.25) is 0 Å². The van der Waals surface area contributed by atoms with Crippen LogP contribution in [-0.2, 0) is 4.74 Å². The summed E-state index contributed by atoms with van der Waals surface area (Å²) in [5.74, 6) is 0.925. The van der Waals surface area contributed by atoms with Gasteiger partial charge in [0.2, 0.25) is 0 Å². The minimum Gasteiger partial charge on any atom is -0.374 e. The van der Waals surface area contributed by atoms with Gasteiger partial charge in [0.15, 0.2) is 0 Å². The van der Waals surface area contributed by atoms with Crippen LogP contribution in [0.3, 0.4) is 0 Å². The van der Waals surface area contributed by atoms with Crippen molar-refractivity contribution in [1.82, 2.24) is 4.98 Å². The molecule has 3 rings (SSSR count). The Balaban J connectivity index is 1.87. The summed E-state index contributed by atoms with van der Waals surface area (Å²) in [4.78, 5) is 6.75. The molecule has 1 saturated heterocycles. The van der Waals surface area contributed by atoms with E-state index in [9.17, 15) is 0 Å². The zero-order valence-electron chi connectivity index (χ0n) is 10.4. The molecule has 0 aromatic carbocycles. The lowest BCUT2D eigenvalue weighted by molar-refractivity contribution is -0.00898. The lowest BCUT2D eigenvalue weighted by atomic mass is 9.90. The Morgan fingerprint density at radius 3 is 3.17 bits per heavy atom. The maximum Gasteiger partial charge on any atom is 0.130 e. The largest absolute Gasteiger partial charge is 0.374 e. The molecule has 2 atom stereocenters. The van der Waals surface area contributed by atoms with Crippen molar-refractivity contribution in [2.24, 2.45) is 0 Å². The number of rotatable bonds is 1. The normalized spacial score (nSPS) is 27.4. The number of aromatic nitrogens is 1. The van der Waals surface area contributed by atoms with Crippen molar-refractivity contribution < 1.29 is 4.74 Å². The van der Waals surface area contributed by atoms with E-state index in [-0.39, 0.29) is 0 Å².